The summed E-state index contributed by atoms with van der Waals surface area (Å²) in [4.78, 5) is 13.5. The molecule has 0 amide bonds. The number of benzene rings is 2. The number of nitrogens with one attached hydrogen (secondary N) is 1. The number of rotatable bonds is 6. The van der Waals surface area contributed by atoms with Crippen molar-refractivity contribution in [1.82, 2.24) is 10.3 Å². The number of fused-ring (bicyclic) bond motifs is 2. The summed E-state index contributed by atoms with van der Waals surface area (Å²) in [5, 5.41) is 66.4. The van der Waals surface area contributed by atoms with Crippen LogP contribution in [-0.4, -0.2) is 91.3 Å². The molecule has 8 N–H and O–H groups in total. The van der Waals surface area contributed by atoms with Gasteiger partial charge in [-0.2, -0.15) is 0 Å². The van der Waals surface area contributed by atoms with Crippen LogP contribution in [0.15, 0.2) is 48.5 Å². The zero-order chi connectivity index (χ0) is 24.3. The van der Waals surface area contributed by atoms with Crippen LogP contribution < -0.4 is 5.32 Å². The summed E-state index contributed by atoms with van der Waals surface area (Å²) in [6.07, 6.45) is -5.65. The van der Waals surface area contributed by atoms with E-state index < -0.39 is 37.0 Å². The number of nitrogens with zero attached hydrogens (tertiary/aromatic N) is 1. The highest BCUT2D eigenvalue weighted by molar-refractivity contribution is 5.95. The zero-order valence-corrected chi connectivity index (χ0v) is 17.8. The third-order valence-corrected chi connectivity index (χ3v) is 4.28. The normalized spacial score (nSPS) is 14.3. The standard InChI is InChI=1S/C13H9NO.C7H17NO5.C2H4O2/c15-13-7-3-6-12-10(13)8-9-4-1-2-5-11(9)14-12;1-8-2-4(10)6(12)7(13)5(11)3-9;1-2(3)4/h1-8,15H;4-13H,2-3H2,1H3;1H3,(H,3,4)/t;4-,5+,6+,7+;/m.0./s1. The third kappa shape index (κ3) is 8.35. The Bertz CT molecular complexity index is 980. The molecule has 0 aliphatic carbocycles. The van der Waals surface area contributed by atoms with Crippen molar-refractivity contribution in [2.45, 2.75) is 31.3 Å². The molecule has 10 heteroatoms. The molecule has 32 heavy (non-hydrogen) atoms. The zero-order valence-electron chi connectivity index (χ0n) is 17.8. The van der Waals surface area contributed by atoms with Crippen molar-refractivity contribution >= 4 is 27.8 Å². The van der Waals surface area contributed by atoms with Crippen LogP contribution in [0.2, 0.25) is 0 Å². The Morgan fingerprint density at radius 3 is 2.12 bits per heavy atom. The molecule has 0 bridgehead atoms. The second-order valence-electron chi connectivity index (χ2n) is 6.90. The van der Waals surface area contributed by atoms with Gasteiger partial charge in [-0.25, -0.2) is 4.98 Å². The molecule has 0 spiro atoms. The van der Waals surface area contributed by atoms with Gasteiger partial charge in [0.25, 0.3) is 5.97 Å². The van der Waals surface area contributed by atoms with Crippen molar-refractivity contribution < 1.29 is 40.5 Å². The number of hydrogen-bond acceptors (Lipinski definition) is 9. The number of phenols is 1. The van der Waals surface area contributed by atoms with E-state index in [4.69, 9.17) is 30.3 Å². The number of hydrogen-bond donors (Lipinski definition) is 8. The number of aromatic hydroxyl groups is 1. The van der Waals surface area contributed by atoms with Crippen LogP contribution in [0.4, 0.5) is 0 Å². The molecule has 1 aromatic heterocycles. The molecule has 4 atom stereocenters. The maximum absolute atomic E-state index is 9.69. The van der Waals surface area contributed by atoms with Gasteiger partial charge in [0.15, 0.2) is 0 Å². The first-order valence-corrected chi connectivity index (χ1v) is 9.77. The summed E-state index contributed by atoms with van der Waals surface area (Å²) in [6, 6.07) is 15.2. The number of carbonyl (C=O) groups is 1. The van der Waals surface area contributed by atoms with E-state index in [0.717, 1.165) is 28.7 Å². The largest absolute Gasteiger partial charge is 0.507 e. The number of aliphatic carboxylic acids is 1. The van der Waals surface area contributed by atoms with Gasteiger partial charge in [-0.1, -0.05) is 24.3 Å². The van der Waals surface area contributed by atoms with E-state index in [-0.39, 0.29) is 12.3 Å². The minimum absolute atomic E-state index is 0.0936. The van der Waals surface area contributed by atoms with E-state index >= 15 is 0 Å². The second kappa shape index (κ2) is 13.5. The predicted molar refractivity (Wildman–Crippen MR) is 119 cm³/mol. The highest BCUT2D eigenvalue weighted by Crippen LogP contribution is 2.26. The van der Waals surface area contributed by atoms with Crippen LogP contribution in [0, 0.1) is 0 Å². The summed E-state index contributed by atoms with van der Waals surface area (Å²) in [6.45, 7) is 0.515. The predicted octanol–water partition coefficient (Wildman–Crippen LogP) is -0.174. The van der Waals surface area contributed by atoms with Gasteiger partial charge in [-0.3, -0.25) is 4.79 Å². The number of aromatic nitrogens is 1. The summed E-state index contributed by atoms with van der Waals surface area (Å²) >= 11 is 0. The lowest BCUT2D eigenvalue weighted by Gasteiger charge is -2.25. The Morgan fingerprint density at radius 2 is 1.53 bits per heavy atom. The fourth-order valence-electron chi connectivity index (χ4n) is 2.68. The van der Waals surface area contributed by atoms with Crippen LogP contribution in [0.3, 0.4) is 0 Å². The first-order chi connectivity index (χ1) is 15.1. The molecular formula is C22H30N2O8. The molecule has 1 heterocycles. The minimum Gasteiger partial charge on any atom is -0.507 e. The molecule has 3 rings (SSSR count). The monoisotopic (exact) mass is 450 g/mol. The summed E-state index contributed by atoms with van der Waals surface area (Å²) in [7, 11) is 1.57. The third-order valence-electron chi connectivity index (χ3n) is 4.28. The van der Waals surface area contributed by atoms with E-state index in [1.54, 1.807) is 19.2 Å². The smallest absolute Gasteiger partial charge is 0.300 e. The number of likely N-dealkylation sites (N-methyl/N-ethyl adjacent to an activating group) is 1. The minimum atomic E-state index is -1.55. The van der Waals surface area contributed by atoms with Crippen LogP contribution in [0.5, 0.6) is 5.75 Å². The van der Waals surface area contributed by atoms with Crippen LogP contribution >= 0.6 is 0 Å². The Labute approximate surface area is 185 Å². The summed E-state index contributed by atoms with van der Waals surface area (Å²) in [5.74, 6) is -0.550. The van der Waals surface area contributed by atoms with E-state index in [1.165, 1.54) is 0 Å². The molecule has 10 nitrogen and oxygen atoms in total. The maximum atomic E-state index is 9.69. The van der Waals surface area contributed by atoms with E-state index in [2.05, 4.69) is 10.3 Å². The van der Waals surface area contributed by atoms with Gasteiger partial charge in [0, 0.05) is 24.2 Å². The van der Waals surface area contributed by atoms with Gasteiger partial charge in [0.1, 0.15) is 24.1 Å². The van der Waals surface area contributed by atoms with Gasteiger partial charge < -0.3 is 41.1 Å². The van der Waals surface area contributed by atoms with Gasteiger partial charge in [-0.15, -0.1) is 0 Å². The maximum Gasteiger partial charge on any atom is 0.300 e. The van der Waals surface area contributed by atoms with Gasteiger partial charge in [0.2, 0.25) is 0 Å². The van der Waals surface area contributed by atoms with Crippen molar-refractivity contribution in [2.24, 2.45) is 0 Å². The molecular weight excluding hydrogens is 420 g/mol. The van der Waals surface area contributed by atoms with Crippen molar-refractivity contribution in [2.75, 3.05) is 20.2 Å². The van der Waals surface area contributed by atoms with E-state index in [1.807, 2.05) is 36.4 Å². The van der Waals surface area contributed by atoms with Gasteiger partial charge in [-0.05, 0) is 31.3 Å². The summed E-state index contributed by atoms with van der Waals surface area (Å²) < 4.78 is 0. The highest BCUT2D eigenvalue weighted by atomic mass is 16.4. The highest BCUT2D eigenvalue weighted by Gasteiger charge is 2.29. The first kappa shape index (κ1) is 27.2. The van der Waals surface area contributed by atoms with Gasteiger partial charge >= 0.3 is 0 Å². The molecule has 2 aromatic carbocycles. The van der Waals surface area contributed by atoms with Crippen molar-refractivity contribution in [3.63, 3.8) is 0 Å². The molecule has 176 valence electrons. The Hall–Kier alpha value is -2.86. The average Bonchev–Trinajstić information content (AvgIpc) is 2.77. The van der Waals surface area contributed by atoms with Crippen LogP contribution in [-0.2, 0) is 4.79 Å². The van der Waals surface area contributed by atoms with Crippen molar-refractivity contribution in [3.05, 3.63) is 48.5 Å². The molecule has 0 aliphatic rings. The number of phenolic OH excluding ortho intramolecular Hbond substituents is 1. The molecule has 0 unspecified atom stereocenters. The number of aliphatic hydroxyl groups is 5. The lowest BCUT2D eigenvalue weighted by atomic mass is 10.0. The molecule has 0 saturated heterocycles. The van der Waals surface area contributed by atoms with E-state index in [9.17, 15) is 10.2 Å². The lowest BCUT2D eigenvalue weighted by Crippen LogP contribution is -2.48. The van der Waals surface area contributed by atoms with Crippen LogP contribution in [0.25, 0.3) is 21.8 Å². The fourth-order valence-corrected chi connectivity index (χ4v) is 2.68. The van der Waals surface area contributed by atoms with E-state index in [0.29, 0.717) is 0 Å². The second-order valence-corrected chi connectivity index (χ2v) is 6.90. The van der Waals surface area contributed by atoms with Crippen molar-refractivity contribution in [1.29, 1.82) is 0 Å². The number of aliphatic hydroxyl groups excluding tert-OH is 5. The molecule has 0 saturated carbocycles. The Balaban J connectivity index is 0.000000278. The molecule has 0 radical (unpaired) electrons. The number of pyridine rings is 1. The molecule has 0 aliphatic heterocycles. The fraction of sp³-hybridized carbons (Fsp3) is 0.364. The number of carboxylic acids is 1. The SMILES string of the molecule is CC(=O)O.CNC[C@H](O)[C@@H](O)[C@H](O)[C@H](O)CO.Oc1cccc2nc3ccccc3cc12. The summed E-state index contributed by atoms with van der Waals surface area (Å²) in [5.41, 5.74) is 1.78. The average molecular weight is 450 g/mol. The Kier molecular flexibility index (Phi) is 11.5. The number of carboxylic acid groups (broad SMARTS) is 1. The topological polar surface area (TPSA) is 184 Å². The van der Waals surface area contributed by atoms with Crippen LogP contribution in [0.1, 0.15) is 6.92 Å². The quantitative estimate of drug-likeness (QED) is 0.235. The molecule has 3 aromatic rings. The van der Waals surface area contributed by atoms with Gasteiger partial charge in [0.05, 0.1) is 23.7 Å². The first-order valence-electron chi connectivity index (χ1n) is 9.77. The lowest BCUT2D eigenvalue weighted by molar-refractivity contribution is -0.134. The number of para-hydroxylation sites is 1. The molecule has 0 fully saturated rings. The van der Waals surface area contributed by atoms with Crippen molar-refractivity contribution in [3.8, 4) is 5.75 Å². The Morgan fingerprint density at radius 1 is 0.969 bits per heavy atom.